The van der Waals surface area contributed by atoms with Crippen LogP contribution in [0.5, 0.6) is 0 Å². The Labute approximate surface area is 104 Å². The summed E-state index contributed by atoms with van der Waals surface area (Å²) in [5.41, 5.74) is 5.49. The first-order chi connectivity index (χ1) is 8.58. The van der Waals surface area contributed by atoms with Crippen molar-refractivity contribution >= 4 is 17.7 Å². The molecule has 1 fully saturated rings. The van der Waals surface area contributed by atoms with Crippen molar-refractivity contribution in [2.45, 2.75) is 25.3 Å². The summed E-state index contributed by atoms with van der Waals surface area (Å²) in [5, 5.41) is 8.85. The Bertz CT molecular complexity index is 458. The summed E-state index contributed by atoms with van der Waals surface area (Å²) in [6, 6.07) is 3.30. The zero-order chi connectivity index (χ0) is 13.1. The Kier molecular flexibility index (Phi) is 3.45. The average molecular weight is 249 g/mol. The lowest BCUT2D eigenvalue weighted by Gasteiger charge is -2.24. The number of aliphatic carboxylic acids is 1. The van der Waals surface area contributed by atoms with Crippen molar-refractivity contribution in [3.8, 4) is 0 Å². The van der Waals surface area contributed by atoms with E-state index in [1.165, 1.54) is 6.20 Å². The molecule has 0 aromatic carbocycles. The number of primary amides is 1. The van der Waals surface area contributed by atoms with Gasteiger partial charge in [-0.15, -0.1) is 0 Å². The van der Waals surface area contributed by atoms with Crippen molar-refractivity contribution in [2.75, 3.05) is 11.4 Å². The Morgan fingerprint density at radius 1 is 1.50 bits per heavy atom. The van der Waals surface area contributed by atoms with Gasteiger partial charge in [-0.2, -0.15) is 0 Å². The van der Waals surface area contributed by atoms with Crippen LogP contribution in [-0.2, 0) is 4.79 Å². The quantitative estimate of drug-likeness (QED) is 0.815. The minimum absolute atomic E-state index is 0.0190. The summed E-state index contributed by atoms with van der Waals surface area (Å²) in [7, 11) is 0. The molecule has 1 atom stereocenters. The third-order valence-corrected chi connectivity index (χ3v) is 3.11. The van der Waals surface area contributed by atoms with Crippen LogP contribution in [0, 0.1) is 0 Å². The molecular weight excluding hydrogens is 234 g/mol. The smallest absolute Gasteiger partial charge is 0.305 e. The second kappa shape index (κ2) is 5.03. The molecule has 6 nitrogen and oxygen atoms in total. The molecule has 0 bridgehead atoms. The molecule has 1 amide bonds. The van der Waals surface area contributed by atoms with Gasteiger partial charge in [0.1, 0.15) is 5.82 Å². The lowest BCUT2D eigenvalue weighted by Crippen LogP contribution is -2.31. The van der Waals surface area contributed by atoms with Gasteiger partial charge in [0.25, 0.3) is 0 Å². The molecule has 1 aliphatic rings. The highest BCUT2D eigenvalue weighted by Gasteiger charge is 2.27. The van der Waals surface area contributed by atoms with E-state index in [9.17, 15) is 9.59 Å². The van der Waals surface area contributed by atoms with Gasteiger partial charge in [-0.25, -0.2) is 4.98 Å². The van der Waals surface area contributed by atoms with Crippen LogP contribution >= 0.6 is 0 Å². The highest BCUT2D eigenvalue weighted by atomic mass is 16.4. The maximum atomic E-state index is 10.9. The zero-order valence-corrected chi connectivity index (χ0v) is 9.87. The number of nitrogens with zero attached hydrogens (tertiary/aromatic N) is 2. The monoisotopic (exact) mass is 249 g/mol. The molecule has 1 aliphatic heterocycles. The largest absolute Gasteiger partial charge is 0.481 e. The summed E-state index contributed by atoms with van der Waals surface area (Å²) in [6.45, 7) is 0.793. The first-order valence-electron chi connectivity index (χ1n) is 5.82. The summed E-state index contributed by atoms with van der Waals surface area (Å²) in [5.74, 6) is -0.623. The van der Waals surface area contributed by atoms with E-state index in [0.29, 0.717) is 11.4 Å². The molecule has 1 saturated heterocycles. The van der Waals surface area contributed by atoms with Crippen molar-refractivity contribution < 1.29 is 14.7 Å². The molecule has 96 valence electrons. The van der Waals surface area contributed by atoms with Gasteiger partial charge in [-0.3, -0.25) is 9.59 Å². The highest BCUT2D eigenvalue weighted by molar-refractivity contribution is 5.92. The normalized spacial score (nSPS) is 18.9. The van der Waals surface area contributed by atoms with Gasteiger partial charge in [0.05, 0.1) is 12.0 Å². The van der Waals surface area contributed by atoms with Gasteiger partial charge in [0, 0.05) is 18.8 Å². The van der Waals surface area contributed by atoms with E-state index >= 15 is 0 Å². The van der Waals surface area contributed by atoms with Crippen molar-refractivity contribution in [3.05, 3.63) is 23.9 Å². The SMILES string of the molecule is NC(=O)c1ccc(N2CCCC2CC(=O)O)nc1. The minimum atomic E-state index is -0.805. The van der Waals surface area contributed by atoms with E-state index in [1.807, 2.05) is 4.90 Å². The fourth-order valence-corrected chi connectivity index (χ4v) is 2.25. The van der Waals surface area contributed by atoms with E-state index in [-0.39, 0.29) is 12.5 Å². The van der Waals surface area contributed by atoms with Crippen LogP contribution in [0.2, 0.25) is 0 Å². The molecule has 1 aromatic rings. The molecular formula is C12H15N3O3. The van der Waals surface area contributed by atoms with E-state index in [4.69, 9.17) is 10.8 Å². The van der Waals surface area contributed by atoms with Gasteiger partial charge in [0.15, 0.2) is 0 Å². The number of carbonyl (C=O) groups is 2. The number of carboxylic acids is 1. The Morgan fingerprint density at radius 2 is 2.28 bits per heavy atom. The molecule has 0 saturated carbocycles. The van der Waals surface area contributed by atoms with Gasteiger partial charge >= 0.3 is 5.97 Å². The van der Waals surface area contributed by atoms with Crippen LogP contribution in [0.15, 0.2) is 18.3 Å². The number of rotatable bonds is 4. The van der Waals surface area contributed by atoms with Gasteiger partial charge in [-0.1, -0.05) is 0 Å². The molecule has 0 aliphatic carbocycles. The molecule has 0 radical (unpaired) electrons. The number of nitrogens with two attached hydrogens (primary N) is 1. The number of aromatic nitrogens is 1. The van der Waals surface area contributed by atoms with Crippen molar-refractivity contribution in [3.63, 3.8) is 0 Å². The molecule has 2 rings (SSSR count). The van der Waals surface area contributed by atoms with E-state index in [2.05, 4.69) is 4.98 Å². The van der Waals surface area contributed by atoms with Gasteiger partial charge in [-0.05, 0) is 25.0 Å². The predicted octanol–water partition coefficient (Wildman–Crippen LogP) is 0.624. The molecule has 6 heteroatoms. The second-order valence-electron chi connectivity index (χ2n) is 4.36. The van der Waals surface area contributed by atoms with Crippen LogP contribution < -0.4 is 10.6 Å². The predicted molar refractivity (Wildman–Crippen MR) is 65.4 cm³/mol. The van der Waals surface area contributed by atoms with Crippen molar-refractivity contribution in [1.29, 1.82) is 0 Å². The van der Waals surface area contributed by atoms with Crippen molar-refractivity contribution in [2.24, 2.45) is 5.73 Å². The fourth-order valence-electron chi connectivity index (χ4n) is 2.25. The summed E-state index contributed by atoms with van der Waals surface area (Å²) in [6.07, 6.45) is 3.34. The van der Waals surface area contributed by atoms with Gasteiger partial charge < -0.3 is 15.7 Å². The van der Waals surface area contributed by atoms with Gasteiger partial charge in [0.2, 0.25) is 5.91 Å². The summed E-state index contributed by atoms with van der Waals surface area (Å²) < 4.78 is 0. The topological polar surface area (TPSA) is 96.5 Å². The molecule has 0 spiro atoms. The molecule has 1 unspecified atom stereocenters. The Hall–Kier alpha value is -2.11. The van der Waals surface area contributed by atoms with E-state index in [1.54, 1.807) is 12.1 Å². The highest BCUT2D eigenvalue weighted by Crippen LogP contribution is 2.25. The number of hydrogen-bond acceptors (Lipinski definition) is 4. The third-order valence-electron chi connectivity index (χ3n) is 3.11. The number of anilines is 1. The number of carboxylic acid groups (broad SMARTS) is 1. The zero-order valence-electron chi connectivity index (χ0n) is 9.87. The molecule has 3 N–H and O–H groups in total. The maximum absolute atomic E-state index is 10.9. The minimum Gasteiger partial charge on any atom is -0.481 e. The standard InChI is InChI=1S/C12H15N3O3/c13-12(18)8-3-4-10(14-7-8)15-5-1-2-9(15)6-11(16)17/h3-4,7,9H,1-2,5-6H2,(H2,13,18)(H,16,17). The fraction of sp³-hybridized carbons (Fsp3) is 0.417. The Morgan fingerprint density at radius 3 is 2.83 bits per heavy atom. The van der Waals surface area contributed by atoms with Crippen LogP contribution in [-0.4, -0.2) is 34.6 Å². The molecule has 1 aromatic heterocycles. The lowest BCUT2D eigenvalue weighted by molar-refractivity contribution is -0.137. The summed E-state index contributed by atoms with van der Waals surface area (Å²) >= 11 is 0. The van der Waals surface area contributed by atoms with Crippen LogP contribution in [0.1, 0.15) is 29.6 Å². The van der Waals surface area contributed by atoms with Crippen LogP contribution in [0.3, 0.4) is 0 Å². The number of amides is 1. The van der Waals surface area contributed by atoms with Crippen molar-refractivity contribution in [1.82, 2.24) is 4.98 Å². The van der Waals surface area contributed by atoms with E-state index < -0.39 is 11.9 Å². The second-order valence-corrected chi connectivity index (χ2v) is 4.36. The number of carbonyl (C=O) groups excluding carboxylic acids is 1. The van der Waals surface area contributed by atoms with Crippen LogP contribution in [0.4, 0.5) is 5.82 Å². The third kappa shape index (κ3) is 2.58. The first kappa shape index (κ1) is 12.3. The number of pyridine rings is 1. The lowest BCUT2D eigenvalue weighted by atomic mass is 10.1. The van der Waals surface area contributed by atoms with Crippen LogP contribution in [0.25, 0.3) is 0 Å². The maximum Gasteiger partial charge on any atom is 0.305 e. The van der Waals surface area contributed by atoms with E-state index in [0.717, 1.165) is 19.4 Å². The number of hydrogen-bond donors (Lipinski definition) is 2. The molecule has 2 heterocycles. The molecule has 18 heavy (non-hydrogen) atoms. The average Bonchev–Trinajstić information content (AvgIpc) is 2.76. The Balaban J connectivity index is 2.14. The summed E-state index contributed by atoms with van der Waals surface area (Å²) in [4.78, 5) is 27.8. The first-order valence-corrected chi connectivity index (χ1v) is 5.82.